The van der Waals surface area contributed by atoms with Gasteiger partial charge in [-0.1, -0.05) is 0 Å². The maximum atomic E-state index is 5.64. The van der Waals surface area contributed by atoms with Crippen molar-refractivity contribution in [1.29, 1.82) is 0 Å². The van der Waals surface area contributed by atoms with Gasteiger partial charge in [-0.15, -0.1) is 0 Å². The first-order chi connectivity index (χ1) is 5.39. The van der Waals surface area contributed by atoms with E-state index in [1.165, 1.54) is 0 Å². The molecule has 2 nitrogen and oxygen atoms in total. The number of nitrogens with zero attached hydrogens (tertiary/aromatic N) is 1. The van der Waals surface area contributed by atoms with Crippen molar-refractivity contribution in [3.05, 3.63) is 6.92 Å². The van der Waals surface area contributed by atoms with Crippen molar-refractivity contribution in [3.63, 3.8) is 0 Å². The van der Waals surface area contributed by atoms with E-state index < -0.39 is 0 Å². The Morgan fingerprint density at radius 1 is 1.25 bits per heavy atom. The second-order valence-electron chi connectivity index (χ2n) is 4.47. The van der Waals surface area contributed by atoms with E-state index in [1.54, 1.807) is 0 Å². The van der Waals surface area contributed by atoms with E-state index in [2.05, 4.69) is 39.5 Å². The molecule has 0 aromatic rings. The van der Waals surface area contributed by atoms with Crippen molar-refractivity contribution < 1.29 is 4.74 Å². The maximum absolute atomic E-state index is 5.64. The van der Waals surface area contributed by atoms with Crippen LogP contribution in [0.5, 0.6) is 0 Å². The average molecular weight is 170 g/mol. The lowest BCUT2D eigenvalue weighted by Crippen LogP contribution is -2.53. The van der Waals surface area contributed by atoms with Crippen molar-refractivity contribution in [2.75, 3.05) is 13.1 Å². The van der Waals surface area contributed by atoms with Gasteiger partial charge in [-0.2, -0.15) is 0 Å². The number of rotatable bonds is 1. The summed E-state index contributed by atoms with van der Waals surface area (Å²) in [4.78, 5) is 2.38. The summed E-state index contributed by atoms with van der Waals surface area (Å²) in [5, 5.41) is 0. The Bertz CT molecular complexity index is 140. The minimum atomic E-state index is 0.0340. The van der Waals surface area contributed by atoms with Gasteiger partial charge < -0.3 is 4.74 Å². The van der Waals surface area contributed by atoms with Crippen molar-refractivity contribution in [2.24, 2.45) is 0 Å². The molecule has 2 unspecified atom stereocenters. The molecule has 1 heterocycles. The first-order valence-electron chi connectivity index (χ1n) is 4.65. The molecule has 71 valence electrons. The first-order valence-corrected chi connectivity index (χ1v) is 4.65. The normalized spacial score (nSPS) is 33.8. The molecule has 0 bridgehead atoms. The summed E-state index contributed by atoms with van der Waals surface area (Å²) in [7, 11) is 0. The predicted molar refractivity (Wildman–Crippen MR) is 51.0 cm³/mol. The molecular formula is C10H20NO. The number of morpholine rings is 1. The number of ether oxygens (including phenoxy) is 1. The van der Waals surface area contributed by atoms with Gasteiger partial charge >= 0.3 is 0 Å². The van der Waals surface area contributed by atoms with Crippen LogP contribution in [0.4, 0.5) is 0 Å². The lowest BCUT2D eigenvalue weighted by Gasteiger charge is -2.43. The van der Waals surface area contributed by atoms with E-state index >= 15 is 0 Å². The summed E-state index contributed by atoms with van der Waals surface area (Å²) in [6.45, 7) is 14.7. The number of hydrogen-bond acceptors (Lipinski definition) is 2. The van der Waals surface area contributed by atoms with Crippen LogP contribution in [-0.2, 0) is 4.74 Å². The van der Waals surface area contributed by atoms with Crippen LogP contribution in [0, 0.1) is 6.92 Å². The molecule has 0 aliphatic carbocycles. The van der Waals surface area contributed by atoms with Gasteiger partial charge in [0, 0.05) is 18.6 Å². The molecule has 0 saturated carbocycles. The highest BCUT2D eigenvalue weighted by Crippen LogP contribution is 2.19. The van der Waals surface area contributed by atoms with Gasteiger partial charge in [0.05, 0.1) is 12.2 Å². The quantitative estimate of drug-likeness (QED) is 0.594. The fourth-order valence-corrected chi connectivity index (χ4v) is 1.67. The third-order valence-corrected chi connectivity index (χ3v) is 2.28. The van der Waals surface area contributed by atoms with Crippen LogP contribution in [0.3, 0.4) is 0 Å². The second kappa shape index (κ2) is 3.35. The molecule has 1 aliphatic heterocycles. The van der Waals surface area contributed by atoms with Crippen molar-refractivity contribution in [2.45, 2.75) is 45.4 Å². The highest BCUT2D eigenvalue weighted by atomic mass is 16.5. The number of hydrogen-bond donors (Lipinski definition) is 0. The molecule has 0 aromatic carbocycles. The van der Waals surface area contributed by atoms with Crippen LogP contribution in [0.2, 0.25) is 0 Å². The largest absolute Gasteiger partial charge is 0.373 e. The summed E-state index contributed by atoms with van der Waals surface area (Å²) in [6, 6.07) is 0. The Hall–Kier alpha value is -0.0800. The van der Waals surface area contributed by atoms with Gasteiger partial charge in [0.2, 0.25) is 0 Å². The molecule has 1 aliphatic rings. The van der Waals surface area contributed by atoms with Gasteiger partial charge in [-0.25, -0.2) is 0 Å². The maximum Gasteiger partial charge on any atom is 0.0678 e. The van der Waals surface area contributed by atoms with Crippen LogP contribution in [-0.4, -0.2) is 35.7 Å². The van der Waals surface area contributed by atoms with Crippen LogP contribution in [0.1, 0.15) is 27.7 Å². The zero-order chi connectivity index (χ0) is 9.35. The first kappa shape index (κ1) is 10.0. The van der Waals surface area contributed by atoms with Gasteiger partial charge in [-0.3, -0.25) is 4.90 Å². The molecule has 12 heavy (non-hydrogen) atoms. The third-order valence-electron chi connectivity index (χ3n) is 2.28. The van der Waals surface area contributed by atoms with Gasteiger partial charge in [0.15, 0.2) is 0 Å². The third kappa shape index (κ3) is 2.46. The summed E-state index contributed by atoms with van der Waals surface area (Å²) in [5.74, 6) is 0. The van der Waals surface area contributed by atoms with Crippen LogP contribution in [0.25, 0.3) is 0 Å². The Morgan fingerprint density at radius 3 is 2.00 bits per heavy atom. The van der Waals surface area contributed by atoms with Crippen molar-refractivity contribution in [1.82, 2.24) is 4.90 Å². The molecule has 2 atom stereocenters. The van der Waals surface area contributed by atoms with Crippen LogP contribution >= 0.6 is 0 Å². The van der Waals surface area contributed by atoms with E-state index in [4.69, 9.17) is 4.74 Å². The summed E-state index contributed by atoms with van der Waals surface area (Å²) < 4.78 is 5.64. The molecule has 0 amide bonds. The molecule has 1 saturated heterocycles. The highest BCUT2D eigenvalue weighted by molar-refractivity contribution is 4.88. The lowest BCUT2D eigenvalue weighted by molar-refractivity contribution is -0.0881. The Labute approximate surface area is 75.9 Å². The van der Waals surface area contributed by atoms with Crippen molar-refractivity contribution >= 4 is 0 Å². The Kier molecular flexibility index (Phi) is 2.79. The molecule has 1 radical (unpaired) electrons. The monoisotopic (exact) mass is 170 g/mol. The topological polar surface area (TPSA) is 12.5 Å². The molecule has 2 heteroatoms. The Balaban J connectivity index is 2.55. The Morgan fingerprint density at radius 2 is 1.67 bits per heavy atom. The molecule has 1 rings (SSSR count). The van der Waals surface area contributed by atoms with Crippen LogP contribution in [0.15, 0.2) is 0 Å². The molecule has 0 spiro atoms. The van der Waals surface area contributed by atoms with E-state index in [-0.39, 0.29) is 5.54 Å². The second-order valence-corrected chi connectivity index (χ2v) is 4.47. The van der Waals surface area contributed by atoms with E-state index in [0.29, 0.717) is 12.2 Å². The summed E-state index contributed by atoms with van der Waals surface area (Å²) >= 11 is 0. The fraction of sp³-hybridized carbons (Fsp3) is 0.900. The fourth-order valence-electron chi connectivity index (χ4n) is 1.67. The SMILES string of the molecule is [CH2]C(C)(C)N1CC(C)OC(C)C1. The van der Waals surface area contributed by atoms with E-state index in [9.17, 15) is 0 Å². The lowest BCUT2D eigenvalue weighted by atomic mass is 10.0. The average Bonchev–Trinajstić information content (AvgIpc) is 1.82. The van der Waals surface area contributed by atoms with E-state index in [1.807, 2.05) is 0 Å². The zero-order valence-electron chi connectivity index (χ0n) is 8.63. The minimum Gasteiger partial charge on any atom is -0.373 e. The van der Waals surface area contributed by atoms with Crippen molar-refractivity contribution in [3.8, 4) is 0 Å². The molecule has 1 fully saturated rings. The van der Waals surface area contributed by atoms with Gasteiger partial charge in [-0.05, 0) is 34.6 Å². The van der Waals surface area contributed by atoms with Gasteiger partial charge in [0.25, 0.3) is 0 Å². The smallest absolute Gasteiger partial charge is 0.0678 e. The van der Waals surface area contributed by atoms with E-state index in [0.717, 1.165) is 13.1 Å². The zero-order valence-corrected chi connectivity index (χ0v) is 8.63. The minimum absolute atomic E-state index is 0.0340. The standard InChI is InChI=1S/C10H20NO/c1-8-6-11(10(3,4)5)7-9(2)12-8/h8-9H,3,6-7H2,1-2,4-5H3. The molecular weight excluding hydrogens is 150 g/mol. The predicted octanol–water partition coefficient (Wildman–Crippen LogP) is 1.71. The van der Waals surface area contributed by atoms with Crippen LogP contribution < -0.4 is 0 Å². The summed E-state index contributed by atoms with van der Waals surface area (Å²) in [6.07, 6.45) is 0.685. The highest BCUT2D eigenvalue weighted by Gasteiger charge is 2.29. The molecule has 0 aromatic heterocycles. The molecule has 0 N–H and O–H groups in total. The summed E-state index contributed by atoms with van der Waals surface area (Å²) in [5.41, 5.74) is 0.0340. The van der Waals surface area contributed by atoms with Gasteiger partial charge in [0.1, 0.15) is 0 Å².